The van der Waals surface area contributed by atoms with Crippen LogP contribution in [0.5, 0.6) is 0 Å². The van der Waals surface area contributed by atoms with Crippen molar-refractivity contribution in [3.05, 3.63) is 53.5 Å². The topological polar surface area (TPSA) is 140 Å². The maximum Gasteiger partial charge on any atom is 0.144 e. The predicted octanol–water partition coefficient (Wildman–Crippen LogP) is -0.00940. The Bertz CT molecular complexity index is 1020. The standard InChI is InChI=1S/C20H23N4O4/c1-20(28,13-5-4-11-2-3-12(11)8-13)9-15(25)16(26)19(27)24-7-6-14-17(21)22-10-23-18(14)24/h4-8,10,15-16,19,25-26,28H,2-3,9H2,1H3,(H2,21,22,23)/q-1/t15?,16-,19-,20+/m1/s1. The van der Waals surface area contributed by atoms with Crippen molar-refractivity contribution in [1.82, 2.24) is 14.5 Å². The van der Waals surface area contributed by atoms with Gasteiger partial charge in [0.1, 0.15) is 17.8 Å². The molecule has 8 nitrogen and oxygen atoms in total. The van der Waals surface area contributed by atoms with E-state index in [0.717, 1.165) is 12.8 Å². The van der Waals surface area contributed by atoms with Crippen molar-refractivity contribution < 1.29 is 20.4 Å². The first-order valence-corrected chi connectivity index (χ1v) is 9.21. The highest BCUT2D eigenvalue weighted by Crippen LogP contribution is 2.33. The van der Waals surface area contributed by atoms with E-state index in [1.165, 1.54) is 28.2 Å². The van der Waals surface area contributed by atoms with E-state index >= 15 is 0 Å². The molecule has 4 atom stereocenters. The van der Waals surface area contributed by atoms with E-state index in [9.17, 15) is 20.4 Å². The van der Waals surface area contributed by atoms with Gasteiger partial charge >= 0.3 is 0 Å². The molecule has 3 aromatic rings. The summed E-state index contributed by atoms with van der Waals surface area (Å²) in [5, 5.41) is 45.0. The molecule has 0 saturated carbocycles. The number of nitrogen functional groups attached to an aromatic ring is 1. The molecular formula is C20H23N4O4-. The molecule has 1 aromatic carbocycles. The number of aromatic nitrogens is 3. The van der Waals surface area contributed by atoms with E-state index in [-0.39, 0.29) is 17.9 Å². The van der Waals surface area contributed by atoms with Gasteiger partial charge in [-0.3, -0.25) is 0 Å². The van der Waals surface area contributed by atoms with E-state index in [1.807, 2.05) is 18.2 Å². The Labute approximate surface area is 161 Å². The SMILES string of the molecule is C[C@](O)(CC(O)[C@@H](O)[C@@H]([O-])n1ccc2c(N)ncnc21)c1ccc2c(c1)CC2. The van der Waals surface area contributed by atoms with Gasteiger partial charge in [-0.2, -0.15) is 0 Å². The second-order valence-corrected chi connectivity index (χ2v) is 7.63. The van der Waals surface area contributed by atoms with Crippen LogP contribution in [0.15, 0.2) is 36.8 Å². The van der Waals surface area contributed by atoms with Crippen molar-refractivity contribution in [3.8, 4) is 0 Å². The quantitative estimate of drug-likeness (QED) is 0.469. The summed E-state index contributed by atoms with van der Waals surface area (Å²) < 4.78 is 1.21. The summed E-state index contributed by atoms with van der Waals surface area (Å²) in [5.41, 5.74) is 7.78. The number of benzene rings is 1. The lowest BCUT2D eigenvalue weighted by molar-refractivity contribution is -0.473. The smallest absolute Gasteiger partial charge is 0.144 e. The Balaban J connectivity index is 1.52. The highest BCUT2D eigenvalue weighted by Gasteiger charge is 2.32. The van der Waals surface area contributed by atoms with Crippen LogP contribution >= 0.6 is 0 Å². The molecule has 0 amide bonds. The molecule has 1 aliphatic rings. The maximum atomic E-state index is 12.8. The minimum absolute atomic E-state index is 0.179. The van der Waals surface area contributed by atoms with E-state index in [1.54, 1.807) is 13.0 Å². The van der Waals surface area contributed by atoms with Crippen LogP contribution in [0.1, 0.15) is 36.3 Å². The number of hydrogen-bond donors (Lipinski definition) is 4. The molecule has 5 N–H and O–H groups in total. The van der Waals surface area contributed by atoms with Crippen molar-refractivity contribution in [2.45, 2.75) is 50.2 Å². The molecule has 2 aromatic heterocycles. The molecule has 28 heavy (non-hydrogen) atoms. The molecule has 4 rings (SSSR count). The summed E-state index contributed by atoms with van der Waals surface area (Å²) in [6.45, 7) is 1.57. The summed E-state index contributed by atoms with van der Waals surface area (Å²) in [7, 11) is 0. The Morgan fingerprint density at radius 2 is 1.96 bits per heavy atom. The summed E-state index contributed by atoms with van der Waals surface area (Å²) in [4.78, 5) is 7.91. The van der Waals surface area contributed by atoms with Gasteiger partial charge < -0.3 is 30.7 Å². The lowest BCUT2D eigenvalue weighted by Crippen LogP contribution is -2.44. The number of anilines is 1. The molecule has 0 spiro atoms. The first kappa shape index (κ1) is 18.8. The van der Waals surface area contributed by atoms with Gasteiger partial charge in [0.15, 0.2) is 0 Å². The van der Waals surface area contributed by atoms with E-state index in [0.29, 0.717) is 10.9 Å². The number of rotatable bonds is 6. The lowest BCUT2D eigenvalue weighted by atomic mass is 9.81. The van der Waals surface area contributed by atoms with Gasteiger partial charge in [-0.25, -0.2) is 9.97 Å². The van der Waals surface area contributed by atoms with Crippen LogP contribution < -0.4 is 10.8 Å². The average Bonchev–Trinajstić information content (AvgIpc) is 3.06. The monoisotopic (exact) mass is 383 g/mol. The van der Waals surface area contributed by atoms with Crippen molar-refractivity contribution in [2.75, 3.05) is 5.73 Å². The van der Waals surface area contributed by atoms with Gasteiger partial charge in [0.25, 0.3) is 0 Å². The summed E-state index contributed by atoms with van der Waals surface area (Å²) in [6, 6.07) is 7.31. The number of hydrogen-bond acceptors (Lipinski definition) is 7. The fourth-order valence-electron chi connectivity index (χ4n) is 3.73. The highest BCUT2D eigenvalue weighted by molar-refractivity contribution is 5.86. The molecule has 0 radical (unpaired) electrons. The van der Waals surface area contributed by atoms with E-state index in [4.69, 9.17) is 5.73 Å². The predicted molar refractivity (Wildman–Crippen MR) is 101 cm³/mol. The number of aliphatic hydroxyl groups is 3. The van der Waals surface area contributed by atoms with Gasteiger partial charge in [-0.05, 0) is 48.8 Å². The second kappa shape index (κ2) is 6.82. The van der Waals surface area contributed by atoms with Gasteiger partial charge in [-0.15, -0.1) is 0 Å². The van der Waals surface area contributed by atoms with Gasteiger partial charge in [0.05, 0.1) is 23.2 Å². The van der Waals surface area contributed by atoms with E-state index < -0.39 is 24.0 Å². The normalized spacial score (nSPS) is 18.8. The minimum atomic E-state index is -1.71. The van der Waals surface area contributed by atoms with Crippen LogP contribution in [-0.2, 0) is 18.4 Å². The average molecular weight is 383 g/mol. The molecule has 1 unspecified atom stereocenters. The number of fused-ring (bicyclic) bond motifs is 2. The van der Waals surface area contributed by atoms with Crippen LogP contribution in [0.25, 0.3) is 11.0 Å². The number of nitrogens with zero attached hydrogens (tertiary/aromatic N) is 3. The molecule has 2 heterocycles. The summed E-state index contributed by atoms with van der Waals surface area (Å²) >= 11 is 0. The summed E-state index contributed by atoms with van der Waals surface area (Å²) in [5.74, 6) is 0.231. The molecule has 148 valence electrons. The van der Waals surface area contributed by atoms with Crippen LogP contribution in [-0.4, -0.2) is 42.1 Å². The van der Waals surface area contributed by atoms with Crippen LogP contribution in [0.3, 0.4) is 0 Å². The molecule has 0 bridgehead atoms. The van der Waals surface area contributed by atoms with Gasteiger partial charge in [0.2, 0.25) is 0 Å². The number of aliphatic hydroxyl groups excluding tert-OH is 2. The first-order valence-electron chi connectivity index (χ1n) is 9.21. The second-order valence-electron chi connectivity index (χ2n) is 7.63. The van der Waals surface area contributed by atoms with Crippen molar-refractivity contribution in [2.24, 2.45) is 0 Å². The molecule has 0 aliphatic heterocycles. The van der Waals surface area contributed by atoms with Crippen molar-refractivity contribution in [3.63, 3.8) is 0 Å². The molecule has 0 saturated heterocycles. The number of aryl methyl sites for hydroxylation is 2. The van der Waals surface area contributed by atoms with Crippen LogP contribution in [0.2, 0.25) is 0 Å². The molecule has 8 heteroatoms. The minimum Gasteiger partial charge on any atom is -0.834 e. The zero-order valence-corrected chi connectivity index (χ0v) is 15.5. The fraction of sp³-hybridized carbons (Fsp3) is 0.400. The Morgan fingerprint density at radius 3 is 2.64 bits per heavy atom. The lowest BCUT2D eigenvalue weighted by Gasteiger charge is -2.36. The first-order chi connectivity index (χ1) is 13.3. The van der Waals surface area contributed by atoms with Crippen LogP contribution in [0, 0.1) is 0 Å². The van der Waals surface area contributed by atoms with Gasteiger partial charge in [0, 0.05) is 12.6 Å². The van der Waals surface area contributed by atoms with Gasteiger partial charge in [-0.1, -0.05) is 18.2 Å². The highest BCUT2D eigenvalue weighted by atomic mass is 16.4. The zero-order chi connectivity index (χ0) is 20.1. The molecule has 0 fully saturated rings. The number of nitrogens with two attached hydrogens (primary N) is 1. The third kappa shape index (κ3) is 3.14. The third-order valence-electron chi connectivity index (χ3n) is 5.60. The Hall–Kier alpha value is -2.52. The fourth-order valence-corrected chi connectivity index (χ4v) is 3.73. The summed E-state index contributed by atoms with van der Waals surface area (Å²) in [6.07, 6.45) is -0.269. The van der Waals surface area contributed by atoms with Crippen molar-refractivity contribution in [1.29, 1.82) is 0 Å². The maximum absolute atomic E-state index is 12.8. The molecule has 1 aliphatic carbocycles. The van der Waals surface area contributed by atoms with Crippen molar-refractivity contribution >= 4 is 16.9 Å². The Kier molecular flexibility index (Phi) is 4.59. The van der Waals surface area contributed by atoms with E-state index in [2.05, 4.69) is 9.97 Å². The Morgan fingerprint density at radius 1 is 1.21 bits per heavy atom. The van der Waals surface area contributed by atoms with Crippen LogP contribution in [0.4, 0.5) is 5.82 Å². The third-order valence-corrected chi connectivity index (χ3v) is 5.60. The largest absolute Gasteiger partial charge is 0.834 e. The molecular weight excluding hydrogens is 360 g/mol. The zero-order valence-electron chi connectivity index (χ0n) is 15.5.